The van der Waals surface area contributed by atoms with Crippen LogP contribution in [-0.2, 0) is 4.79 Å². The summed E-state index contributed by atoms with van der Waals surface area (Å²) in [7, 11) is 0. The Morgan fingerprint density at radius 2 is 1.48 bits per heavy atom. The number of benzene rings is 1. The van der Waals surface area contributed by atoms with Crippen LogP contribution < -0.4 is 0 Å². The van der Waals surface area contributed by atoms with Crippen LogP contribution in [0.1, 0.15) is 46.4 Å². The summed E-state index contributed by atoms with van der Waals surface area (Å²) in [6.07, 6.45) is 1.45. The molecular weight excluding hydrogens is 284 g/mol. The topological polar surface area (TPSA) is 74.7 Å². The summed E-state index contributed by atoms with van der Waals surface area (Å²) in [6.45, 7) is 0. The number of carbonyl (C=O) groups is 3. The molecule has 110 valence electrons. The van der Waals surface area contributed by atoms with Gasteiger partial charge in [-0.15, -0.1) is 0 Å². The molecule has 1 fully saturated rings. The van der Waals surface area contributed by atoms with Gasteiger partial charge in [-0.25, -0.2) is 13.6 Å². The van der Waals surface area contributed by atoms with Crippen LogP contribution >= 0.6 is 0 Å². The number of carbonyl (C=O) groups excluding carboxylic acids is 2. The minimum atomic E-state index is -1.61. The summed E-state index contributed by atoms with van der Waals surface area (Å²) in [5.74, 6) is -5.51. The van der Waals surface area contributed by atoms with E-state index in [1.54, 1.807) is 0 Å². The van der Waals surface area contributed by atoms with Crippen LogP contribution in [0.2, 0.25) is 0 Å². The van der Waals surface area contributed by atoms with Gasteiger partial charge in [0.15, 0.2) is 11.6 Å². The highest BCUT2D eigenvalue weighted by atomic mass is 19.2. The summed E-state index contributed by atoms with van der Waals surface area (Å²) in [5.41, 5.74) is -2.18. The van der Waals surface area contributed by atoms with Gasteiger partial charge in [0.2, 0.25) is 0 Å². The highest BCUT2D eigenvalue weighted by Crippen LogP contribution is 2.40. The predicted molar refractivity (Wildman–Crippen MR) is 65.7 cm³/mol. The van der Waals surface area contributed by atoms with Gasteiger partial charge in [-0.3, -0.25) is 14.5 Å². The fourth-order valence-corrected chi connectivity index (χ4v) is 3.12. The molecule has 0 saturated heterocycles. The average Bonchev–Trinajstić information content (AvgIpc) is 2.99. The molecule has 21 heavy (non-hydrogen) atoms. The summed E-state index contributed by atoms with van der Waals surface area (Å²) in [5, 5.41) is 9.45. The molecule has 0 radical (unpaired) electrons. The maximum absolute atomic E-state index is 13.3. The van der Waals surface area contributed by atoms with E-state index in [0.717, 1.165) is 0 Å². The maximum atomic E-state index is 13.3. The van der Waals surface area contributed by atoms with Gasteiger partial charge in [0.1, 0.15) is 5.54 Å². The van der Waals surface area contributed by atoms with E-state index in [0.29, 0.717) is 29.9 Å². The van der Waals surface area contributed by atoms with Gasteiger partial charge in [-0.05, 0) is 25.0 Å². The van der Waals surface area contributed by atoms with Crippen molar-refractivity contribution in [1.29, 1.82) is 0 Å². The molecule has 2 aliphatic rings. The SMILES string of the molecule is O=C1c2cc(F)c(F)cc2C(=O)N1C1(C(=O)O)CCCC1. The minimum Gasteiger partial charge on any atom is -0.479 e. The van der Waals surface area contributed by atoms with Crippen molar-refractivity contribution in [3.8, 4) is 0 Å². The first kappa shape index (κ1) is 13.7. The van der Waals surface area contributed by atoms with E-state index < -0.39 is 35.0 Å². The molecule has 7 heteroatoms. The molecule has 0 spiro atoms. The number of fused-ring (bicyclic) bond motifs is 1. The second-order valence-electron chi connectivity index (χ2n) is 5.30. The molecule has 2 amide bonds. The van der Waals surface area contributed by atoms with Gasteiger partial charge in [0.25, 0.3) is 11.8 Å². The molecule has 1 aliphatic carbocycles. The number of hydrogen-bond acceptors (Lipinski definition) is 3. The van der Waals surface area contributed by atoms with Crippen LogP contribution in [0, 0.1) is 11.6 Å². The minimum absolute atomic E-state index is 0.152. The molecule has 1 aliphatic heterocycles. The molecule has 1 saturated carbocycles. The normalized spacial score (nSPS) is 20.0. The quantitative estimate of drug-likeness (QED) is 0.846. The van der Waals surface area contributed by atoms with Gasteiger partial charge in [-0.1, -0.05) is 12.8 Å². The van der Waals surface area contributed by atoms with E-state index in [1.165, 1.54) is 0 Å². The third-order valence-corrected chi connectivity index (χ3v) is 4.18. The first-order chi connectivity index (χ1) is 9.88. The monoisotopic (exact) mass is 295 g/mol. The third kappa shape index (κ3) is 1.69. The number of halogens is 2. The number of imide groups is 1. The van der Waals surface area contributed by atoms with E-state index >= 15 is 0 Å². The van der Waals surface area contributed by atoms with Crippen molar-refractivity contribution in [3.63, 3.8) is 0 Å². The predicted octanol–water partition coefficient (Wildman–Crippen LogP) is 1.96. The zero-order valence-corrected chi connectivity index (χ0v) is 10.9. The van der Waals surface area contributed by atoms with Crippen LogP contribution in [0.15, 0.2) is 12.1 Å². The van der Waals surface area contributed by atoms with Gasteiger partial charge >= 0.3 is 5.97 Å². The van der Waals surface area contributed by atoms with Crippen molar-refractivity contribution in [2.45, 2.75) is 31.2 Å². The number of amides is 2. The van der Waals surface area contributed by atoms with E-state index in [9.17, 15) is 28.3 Å². The van der Waals surface area contributed by atoms with E-state index in [-0.39, 0.29) is 24.0 Å². The second kappa shape index (κ2) is 4.34. The number of hydrogen-bond donors (Lipinski definition) is 1. The zero-order chi connectivity index (χ0) is 15.4. The van der Waals surface area contributed by atoms with Crippen LogP contribution in [0.3, 0.4) is 0 Å². The van der Waals surface area contributed by atoms with E-state index in [2.05, 4.69) is 0 Å². The molecule has 0 aromatic heterocycles. The van der Waals surface area contributed by atoms with Crippen molar-refractivity contribution in [3.05, 3.63) is 34.9 Å². The number of aliphatic carboxylic acids is 1. The Morgan fingerprint density at radius 1 is 1.05 bits per heavy atom. The lowest BCUT2D eigenvalue weighted by Gasteiger charge is -2.32. The second-order valence-corrected chi connectivity index (χ2v) is 5.30. The lowest BCUT2D eigenvalue weighted by atomic mass is 9.95. The number of nitrogens with zero attached hydrogens (tertiary/aromatic N) is 1. The molecule has 5 nitrogen and oxygen atoms in total. The Bertz CT molecular complexity index is 639. The molecule has 1 aromatic rings. The van der Waals surface area contributed by atoms with Crippen LogP contribution in [0.4, 0.5) is 8.78 Å². The Labute approximate surface area is 118 Å². The highest BCUT2D eigenvalue weighted by molar-refractivity contribution is 6.23. The van der Waals surface area contributed by atoms with Crippen molar-refractivity contribution < 1.29 is 28.3 Å². The maximum Gasteiger partial charge on any atom is 0.330 e. The molecular formula is C14H11F2NO4. The molecule has 1 N–H and O–H groups in total. The highest BCUT2D eigenvalue weighted by Gasteiger charge is 2.55. The lowest BCUT2D eigenvalue weighted by molar-refractivity contribution is -0.148. The van der Waals surface area contributed by atoms with E-state index in [1.807, 2.05) is 0 Å². The lowest BCUT2D eigenvalue weighted by Crippen LogP contribution is -2.55. The van der Waals surface area contributed by atoms with Crippen molar-refractivity contribution in [2.24, 2.45) is 0 Å². The van der Waals surface area contributed by atoms with Gasteiger partial charge in [0.05, 0.1) is 11.1 Å². The smallest absolute Gasteiger partial charge is 0.330 e. The van der Waals surface area contributed by atoms with Gasteiger partial charge in [0, 0.05) is 0 Å². The molecule has 1 heterocycles. The standard InChI is InChI=1S/C14H11F2NO4/c15-9-5-7-8(6-10(9)16)12(19)17(11(7)18)14(13(20)21)3-1-2-4-14/h5-6H,1-4H2,(H,20,21). The number of carboxylic acids is 1. The number of rotatable bonds is 2. The molecule has 0 unspecified atom stereocenters. The average molecular weight is 295 g/mol. The molecule has 0 bridgehead atoms. The third-order valence-electron chi connectivity index (χ3n) is 4.18. The largest absolute Gasteiger partial charge is 0.479 e. The van der Waals surface area contributed by atoms with Crippen molar-refractivity contribution >= 4 is 17.8 Å². The van der Waals surface area contributed by atoms with Crippen LogP contribution in [0.5, 0.6) is 0 Å². The molecule has 3 rings (SSSR count). The van der Waals surface area contributed by atoms with Gasteiger partial charge in [-0.2, -0.15) is 0 Å². The van der Waals surface area contributed by atoms with Crippen molar-refractivity contribution in [1.82, 2.24) is 4.90 Å². The molecule has 1 aromatic carbocycles. The number of carboxylic acid groups (broad SMARTS) is 1. The first-order valence-corrected chi connectivity index (χ1v) is 6.50. The Hall–Kier alpha value is -2.31. The summed E-state index contributed by atoms with van der Waals surface area (Å²) < 4.78 is 26.5. The fourth-order valence-electron chi connectivity index (χ4n) is 3.12. The van der Waals surface area contributed by atoms with Crippen LogP contribution in [-0.4, -0.2) is 33.3 Å². The van der Waals surface area contributed by atoms with Crippen LogP contribution in [0.25, 0.3) is 0 Å². The fraction of sp³-hybridized carbons (Fsp3) is 0.357. The Balaban J connectivity index is 2.13. The van der Waals surface area contributed by atoms with E-state index in [4.69, 9.17) is 0 Å². The zero-order valence-electron chi connectivity index (χ0n) is 10.9. The summed E-state index contributed by atoms with van der Waals surface area (Å²) >= 11 is 0. The van der Waals surface area contributed by atoms with Crippen molar-refractivity contribution in [2.75, 3.05) is 0 Å². The summed E-state index contributed by atoms with van der Waals surface area (Å²) in [6, 6.07) is 1.30. The Kier molecular flexibility index (Phi) is 2.82. The first-order valence-electron chi connectivity index (χ1n) is 6.50. The Morgan fingerprint density at radius 3 is 1.86 bits per heavy atom. The van der Waals surface area contributed by atoms with Gasteiger partial charge < -0.3 is 5.11 Å². The molecule has 0 atom stereocenters. The summed E-state index contributed by atoms with van der Waals surface area (Å²) in [4.78, 5) is 36.9.